The molecule has 12 heavy (non-hydrogen) atoms. The van der Waals surface area contributed by atoms with Crippen LogP contribution in [0.15, 0.2) is 0 Å². The highest BCUT2D eigenvalue weighted by Gasteiger charge is 2.12. The third-order valence-electron chi connectivity index (χ3n) is 1.50. The van der Waals surface area contributed by atoms with Gasteiger partial charge in [-0.25, -0.2) is 0 Å². The van der Waals surface area contributed by atoms with Crippen molar-refractivity contribution >= 4 is 5.97 Å². The van der Waals surface area contributed by atoms with Crippen LogP contribution in [0, 0.1) is 5.92 Å². The minimum Gasteiger partial charge on any atom is -0.481 e. The molecule has 0 aromatic carbocycles. The van der Waals surface area contributed by atoms with Crippen LogP contribution in [0.1, 0.15) is 34.1 Å². The first-order chi connectivity index (χ1) is 5.31. The highest BCUT2D eigenvalue weighted by atomic mass is 16.4. The zero-order valence-corrected chi connectivity index (χ0v) is 8.35. The molecule has 0 saturated heterocycles. The summed E-state index contributed by atoms with van der Waals surface area (Å²) in [5, 5.41) is 11.7. The molecule has 0 radical (unpaired) electrons. The predicted molar refractivity (Wildman–Crippen MR) is 49.2 cm³/mol. The minimum atomic E-state index is -0.724. The van der Waals surface area contributed by atoms with Gasteiger partial charge in [0, 0.05) is 12.0 Å². The van der Waals surface area contributed by atoms with Crippen molar-refractivity contribution in [3.63, 3.8) is 0 Å². The first-order valence-corrected chi connectivity index (χ1v) is 4.28. The van der Waals surface area contributed by atoms with Gasteiger partial charge in [-0.3, -0.25) is 4.79 Å². The predicted octanol–water partition coefficient (Wildman–Crippen LogP) is 1.49. The Morgan fingerprint density at radius 2 is 2.00 bits per heavy atom. The molecule has 0 aromatic heterocycles. The third kappa shape index (κ3) is 7.54. The molecule has 2 N–H and O–H groups in total. The lowest BCUT2D eigenvalue weighted by Gasteiger charge is -2.22. The molecule has 1 unspecified atom stereocenters. The molecule has 0 spiro atoms. The van der Waals surface area contributed by atoms with E-state index in [9.17, 15) is 4.79 Å². The SMILES string of the molecule is CC(CNC(C)(C)C)CC(=O)O. The van der Waals surface area contributed by atoms with Gasteiger partial charge in [0.2, 0.25) is 0 Å². The van der Waals surface area contributed by atoms with Gasteiger partial charge >= 0.3 is 5.97 Å². The summed E-state index contributed by atoms with van der Waals surface area (Å²) < 4.78 is 0. The Balaban J connectivity index is 3.57. The fourth-order valence-corrected chi connectivity index (χ4v) is 0.851. The summed E-state index contributed by atoms with van der Waals surface area (Å²) >= 11 is 0. The molecule has 0 amide bonds. The van der Waals surface area contributed by atoms with Gasteiger partial charge in [0.25, 0.3) is 0 Å². The van der Waals surface area contributed by atoms with E-state index in [1.165, 1.54) is 0 Å². The molecule has 0 aliphatic rings. The topological polar surface area (TPSA) is 49.3 Å². The van der Waals surface area contributed by atoms with Gasteiger partial charge in [0.15, 0.2) is 0 Å². The molecule has 1 atom stereocenters. The lowest BCUT2D eigenvalue weighted by Crippen LogP contribution is -2.38. The zero-order valence-electron chi connectivity index (χ0n) is 8.35. The Hall–Kier alpha value is -0.570. The number of carbonyl (C=O) groups is 1. The maximum Gasteiger partial charge on any atom is 0.303 e. The van der Waals surface area contributed by atoms with E-state index in [2.05, 4.69) is 26.1 Å². The largest absolute Gasteiger partial charge is 0.481 e. The van der Waals surface area contributed by atoms with Crippen LogP contribution in [-0.4, -0.2) is 23.2 Å². The highest BCUT2D eigenvalue weighted by Crippen LogP contribution is 2.04. The van der Waals surface area contributed by atoms with Crippen LogP contribution in [0.5, 0.6) is 0 Å². The van der Waals surface area contributed by atoms with Gasteiger partial charge in [-0.15, -0.1) is 0 Å². The van der Waals surface area contributed by atoms with Crippen LogP contribution in [0.2, 0.25) is 0 Å². The molecule has 0 bridgehead atoms. The standard InChI is InChI=1S/C9H19NO2/c1-7(5-8(11)12)6-10-9(2,3)4/h7,10H,5-6H2,1-4H3,(H,11,12). The van der Waals surface area contributed by atoms with E-state index in [0.717, 1.165) is 6.54 Å². The summed E-state index contributed by atoms with van der Waals surface area (Å²) in [6, 6.07) is 0. The van der Waals surface area contributed by atoms with E-state index in [1.807, 2.05) is 6.92 Å². The summed E-state index contributed by atoms with van der Waals surface area (Å²) in [7, 11) is 0. The zero-order chi connectivity index (χ0) is 9.78. The van der Waals surface area contributed by atoms with Gasteiger partial charge in [0.05, 0.1) is 0 Å². The highest BCUT2D eigenvalue weighted by molar-refractivity contribution is 5.66. The average molecular weight is 173 g/mol. The van der Waals surface area contributed by atoms with Crippen LogP contribution in [0.25, 0.3) is 0 Å². The van der Waals surface area contributed by atoms with Crippen molar-refractivity contribution in [2.24, 2.45) is 5.92 Å². The second-order valence-corrected chi connectivity index (χ2v) is 4.33. The van der Waals surface area contributed by atoms with Crippen LogP contribution in [0.3, 0.4) is 0 Å². The Kier molecular flexibility index (Phi) is 4.24. The van der Waals surface area contributed by atoms with E-state index in [0.29, 0.717) is 0 Å². The average Bonchev–Trinajstić information content (AvgIpc) is 1.80. The molecule has 0 aliphatic carbocycles. The van der Waals surface area contributed by atoms with Crippen molar-refractivity contribution in [2.45, 2.75) is 39.7 Å². The van der Waals surface area contributed by atoms with E-state index in [-0.39, 0.29) is 17.9 Å². The van der Waals surface area contributed by atoms with Gasteiger partial charge < -0.3 is 10.4 Å². The number of nitrogens with one attached hydrogen (secondary N) is 1. The lowest BCUT2D eigenvalue weighted by molar-refractivity contribution is -0.137. The van der Waals surface area contributed by atoms with Crippen LogP contribution >= 0.6 is 0 Å². The Morgan fingerprint density at radius 1 is 1.50 bits per heavy atom. The van der Waals surface area contributed by atoms with Gasteiger partial charge in [-0.2, -0.15) is 0 Å². The smallest absolute Gasteiger partial charge is 0.303 e. The van der Waals surface area contributed by atoms with E-state index < -0.39 is 5.97 Å². The van der Waals surface area contributed by atoms with Gasteiger partial charge in [-0.1, -0.05) is 6.92 Å². The number of rotatable bonds is 4. The molecule has 0 fully saturated rings. The van der Waals surface area contributed by atoms with Crippen LogP contribution < -0.4 is 5.32 Å². The molecule has 3 nitrogen and oxygen atoms in total. The summed E-state index contributed by atoms with van der Waals surface area (Å²) in [6.07, 6.45) is 0.239. The Bertz CT molecular complexity index is 149. The van der Waals surface area contributed by atoms with Crippen LogP contribution in [-0.2, 0) is 4.79 Å². The second kappa shape index (κ2) is 4.45. The number of hydrogen-bond acceptors (Lipinski definition) is 2. The normalized spacial score (nSPS) is 14.3. The van der Waals surface area contributed by atoms with Crippen molar-refractivity contribution < 1.29 is 9.90 Å². The quantitative estimate of drug-likeness (QED) is 0.677. The van der Waals surface area contributed by atoms with Gasteiger partial charge in [0.1, 0.15) is 0 Å². The molecule has 0 rings (SSSR count). The number of carboxylic acid groups (broad SMARTS) is 1. The molecule has 72 valence electrons. The maximum atomic E-state index is 10.3. The lowest BCUT2D eigenvalue weighted by atomic mass is 10.0. The van der Waals surface area contributed by atoms with Crippen molar-refractivity contribution in [1.82, 2.24) is 5.32 Å². The number of carboxylic acids is 1. The Morgan fingerprint density at radius 3 is 2.33 bits per heavy atom. The number of hydrogen-bond donors (Lipinski definition) is 2. The summed E-state index contributed by atoms with van der Waals surface area (Å²) in [6.45, 7) is 8.91. The van der Waals surface area contributed by atoms with Crippen molar-refractivity contribution in [3.05, 3.63) is 0 Å². The fourth-order valence-electron chi connectivity index (χ4n) is 0.851. The van der Waals surface area contributed by atoms with E-state index in [1.54, 1.807) is 0 Å². The monoisotopic (exact) mass is 173 g/mol. The first-order valence-electron chi connectivity index (χ1n) is 4.28. The Labute approximate surface area is 74.2 Å². The van der Waals surface area contributed by atoms with Gasteiger partial charge in [-0.05, 0) is 33.2 Å². The van der Waals surface area contributed by atoms with E-state index >= 15 is 0 Å². The number of aliphatic carboxylic acids is 1. The van der Waals surface area contributed by atoms with E-state index in [4.69, 9.17) is 5.11 Å². The molecule has 0 heterocycles. The molecule has 0 aromatic rings. The molecule has 0 saturated carbocycles. The fraction of sp³-hybridized carbons (Fsp3) is 0.889. The molecule has 3 heteroatoms. The van der Waals surface area contributed by atoms with Crippen molar-refractivity contribution in [3.8, 4) is 0 Å². The summed E-state index contributed by atoms with van der Waals surface area (Å²) in [5.41, 5.74) is 0.0762. The first kappa shape index (κ1) is 11.4. The molecular formula is C9H19NO2. The maximum absolute atomic E-state index is 10.3. The van der Waals surface area contributed by atoms with Crippen LogP contribution in [0.4, 0.5) is 0 Å². The third-order valence-corrected chi connectivity index (χ3v) is 1.50. The van der Waals surface area contributed by atoms with Crippen molar-refractivity contribution in [2.75, 3.05) is 6.54 Å². The second-order valence-electron chi connectivity index (χ2n) is 4.33. The summed E-state index contributed by atoms with van der Waals surface area (Å²) in [5.74, 6) is -0.528. The minimum absolute atomic E-state index is 0.0762. The molecule has 0 aliphatic heterocycles. The van der Waals surface area contributed by atoms with Crippen molar-refractivity contribution in [1.29, 1.82) is 0 Å². The molecular weight excluding hydrogens is 154 g/mol. The summed E-state index contributed by atoms with van der Waals surface area (Å²) in [4.78, 5) is 10.3.